The van der Waals surface area contributed by atoms with Crippen molar-refractivity contribution < 1.29 is 9.47 Å². The lowest BCUT2D eigenvalue weighted by molar-refractivity contribution is 0.174. The number of hydrogen-bond donors (Lipinski definition) is 1. The lowest BCUT2D eigenvalue weighted by Gasteiger charge is -2.09. The molecule has 0 spiro atoms. The zero-order chi connectivity index (χ0) is 11.4. The number of benzene rings is 1. The van der Waals surface area contributed by atoms with Crippen molar-refractivity contribution in [3.8, 4) is 11.5 Å². The summed E-state index contributed by atoms with van der Waals surface area (Å²) in [5, 5.41) is 4.07. The van der Waals surface area contributed by atoms with E-state index in [1.54, 1.807) is 0 Å². The third-order valence-corrected chi connectivity index (χ3v) is 3.57. The maximum absolute atomic E-state index is 5.33. The van der Waals surface area contributed by atoms with Crippen molar-refractivity contribution in [3.05, 3.63) is 23.8 Å². The Hall–Kier alpha value is -0.870. The van der Waals surface area contributed by atoms with Crippen molar-refractivity contribution in [3.63, 3.8) is 0 Å². The molecule has 0 bridgehead atoms. The van der Waals surface area contributed by atoms with Crippen LogP contribution in [0.5, 0.6) is 11.5 Å². The van der Waals surface area contributed by atoms with Crippen LogP contribution >= 0.6 is 11.8 Å². The number of ether oxygens (including phenoxy) is 2. The fourth-order valence-electron chi connectivity index (χ4n) is 1.55. The van der Waals surface area contributed by atoms with E-state index in [0.29, 0.717) is 12.0 Å². The zero-order valence-electron chi connectivity index (χ0n) is 9.66. The number of rotatable bonds is 5. The smallest absolute Gasteiger partial charge is 0.231 e. The summed E-state index contributed by atoms with van der Waals surface area (Å²) >= 11 is 1.87. The Balaban J connectivity index is 1.86. The number of thioether (sulfide) groups is 1. The molecule has 0 aliphatic carbocycles. The molecule has 0 amide bonds. The number of fused-ring (bicyclic) bond motifs is 1. The number of hydrogen-bond acceptors (Lipinski definition) is 4. The molecule has 4 heteroatoms. The second kappa shape index (κ2) is 5.46. The second-order valence-corrected chi connectivity index (χ2v) is 5.14. The summed E-state index contributed by atoms with van der Waals surface area (Å²) in [7, 11) is 0. The molecule has 1 aliphatic heterocycles. The van der Waals surface area contributed by atoms with Crippen LogP contribution in [0.1, 0.15) is 12.5 Å². The van der Waals surface area contributed by atoms with Gasteiger partial charge in [0.1, 0.15) is 0 Å². The molecule has 1 heterocycles. The van der Waals surface area contributed by atoms with E-state index in [4.69, 9.17) is 9.47 Å². The largest absolute Gasteiger partial charge is 0.454 e. The highest BCUT2D eigenvalue weighted by Crippen LogP contribution is 2.32. The van der Waals surface area contributed by atoms with Crippen LogP contribution in [0.4, 0.5) is 0 Å². The van der Waals surface area contributed by atoms with Gasteiger partial charge in [0.2, 0.25) is 6.79 Å². The Labute approximate surface area is 101 Å². The predicted molar refractivity (Wildman–Crippen MR) is 67.2 cm³/mol. The summed E-state index contributed by atoms with van der Waals surface area (Å²) in [5.41, 5.74) is 1.23. The lowest BCUT2D eigenvalue weighted by atomic mass is 10.2. The van der Waals surface area contributed by atoms with Crippen molar-refractivity contribution in [2.24, 2.45) is 0 Å². The minimum Gasteiger partial charge on any atom is -0.454 e. The van der Waals surface area contributed by atoms with E-state index >= 15 is 0 Å². The van der Waals surface area contributed by atoms with Gasteiger partial charge in [-0.05, 0) is 24.0 Å². The second-order valence-electron chi connectivity index (χ2n) is 3.86. The first-order valence-electron chi connectivity index (χ1n) is 5.41. The summed E-state index contributed by atoms with van der Waals surface area (Å²) in [6.07, 6.45) is 2.13. The highest BCUT2D eigenvalue weighted by molar-refractivity contribution is 7.99. The van der Waals surface area contributed by atoms with Gasteiger partial charge in [-0.2, -0.15) is 11.8 Å². The average Bonchev–Trinajstić information content (AvgIpc) is 2.76. The molecular formula is C12H17NO2S. The van der Waals surface area contributed by atoms with E-state index in [2.05, 4.69) is 24.6 Å². The van der Waals surface area contributed by atoms with Crippen LogP contribution in [0.25, 0.3) is 0 Å². The van der Waals surface area contributed by atoms with Gasteiger partial charge in [0.25, 0.3) is 0 Å². The van der Waals surface area contributed by atoms with Gasteiger partial charge in [-0.3, -0.25) is 0 Å². The Morgan fingerprint density at radius 1 is 1.38 bits per heavy atom. The van der Waals surface area contributed by atoms with Crippen molar-refractivity contribution in [2.45, 2.75) is 18.7 Å². The van der Waals surface area contributed by atoms with E-state index in [0.717, 1.165) is 24.6 Å². The molecule has 3 nitrogen and oxygen atoms in total. The third kappa shape index (κ3) is 2.83. The quantitative estimate of drug-likeness (QED) is 0.853. The van der Waals surface area contributed by atoms with Gasteiger partial charge in [0.05, 0.1) is 0 Å². The molecule has 0 radical (unpaired) electrons. The van der Waals surface area contributed by atoms with Crippen LogP contribution in [0, 0.1) is 0 Å². The SMILES string of the molecule is CSC(C)CNCc1ccc2c(c1)OCO2. The van der Waals surface area contributed by atoms with Crippen molar-refractivity contribution in [1.82, 2.24) is 5.32 Å². The van der Waals surface area contributed by atoms with E-state index in [9.17, 15) is 0 Å². The molecular weight excluding hydrogens is 222 g/mol. The van der Waals surface area contributed by atoms with Gasteiger partial charge in [0.15, 0.2) is 11.5 Å². The average molecular weight is 239 g/mol. The molecule has 1 unspecified atom stereocenters. The topological polar surface area (TPSA) is 30.5 Å². The van der Waals surface area contributed by atoms with Gasteiger partial charge >= 0.3 is 0 Å². The first kappa shape index (κ1) is 11.6. The summed E-state index contributed by atoms with van der Waals surface area (Å²) < 4.78 is 10.6. The summed E-state index contributed by atoms with van der Waals surface area (Å²) in [6, 6.07) is 6.08. The van der Waals surface area contributed by atoms with Crippen molar-refractivity contribution in [1.29, 1.82) is 0 Å². The minimum absolute atomic E-state index is 0.343. The molecule has 0 fully saturated rings. The van der Waals surface area contributed by atoms with Crippen molar-refractivity contribution >= 4 is 11.8 Å². The molecule has 16 heavy (non-hydrogen) atoms. The van der Waals surface area contributed by atoms with Gasteiger partial charge < -0.3 is 14.8 Å². The predicted octanol–water partition coefficient (Wildman–Crippen LogP) is 2.26. The third-order valence-electron chi connectivity index (χ3n) is 2.60. The van der Waals surface area contributed by atoms with Crippen molar-refractivity contribution in [2.75, 3.05) is 19.6 Å². The Bertz CT molecular complexity index is 357. The van der Waals surface area contributed by atoms with Crippen LogP contribution in [-0.2, 0) is 6.54 Å². The fraction of sp³-hybridized carbons (Fsp3) is 0.500. The normalized spacial score (nSPS) is 15.1. The van der Waals surface area contributed by atoms with E-state index in [1.807, 2.05) is 23.9 Å². The molecule has 1 aliphatic rings. The molecule has 1 aromatic rings. The first-order chi connectivity index (χ1) is 7.79. The summed E-state index contributed by atoms with van der Waals surface area (Å²) in [4.78, 5) is 0. The number of nitrogens with one attached hydrogen (secondary N) is 1. The zero-order valence-corrected chi connectivity index (χ0v) is 10.5. The van der Waals surface area contributed by atoms with Gasteiger partial charge in [-0.25, -0.2) is 0 Å². The summed E-state index contributed by atoms with van der Waals surface area (Å²) in [5.74, 6) is 1.71. The summed E-state index contributed by atoms with van der Waals surface area (Å²) in [6.45, 7) is 4.46. The molecule has 88 valence electrons. The molecule has 1 N–H and O–H groups in total. The lowest BCUT2D eigenvalue weighted by Crippen LogP contribution is -2.21. The molecule has 2 rings (SSSR count). The Morgan fingerprint density at radius 2 is 2.19 bits per heavy atom. The van der Waals surface area contributed by atoms with Crippen LogP contribution in [0.15, 0.2) is 18.2 Å². The van der Waals surface area contributed by atoms with Gasteiger partial charge in [0, 0.05) is 18.3 Å². The maximum Gasteiger partial charge on any atom is 0.231 e. The van der Waals surface area contributed by atoms with Gasteiger partial charge in [-0.1, -0.05) is 13.0 Å². The molecule has 1 aromatic carbocycles. The van der Waals surface area contributed by atoms with E-state index in [-0.39, 0.29) is 0 Å². The molecule has 1 atom stereocenters. The molecule has 0 saturated heterocycles. The van der Waals surface area contributed by atoms with Crippen LogP contribution in [0.3, 0.4) is 0 Å². The minimum atomic E-state index is 0.343. The standard InChI is InChI=1S/C12H17NO2S/c1-9(16-2)6-13-7-10-3-4-11-12(5-10)15-8-14-11/h3-5,9,13H,6-8H2,1-2H3. The highest BCUT2D eigenvalue weighted by Gasteiger charge is 2.12. The van der Waals surface area contributed by atoms with Crippen LogP contribution in [-0.4, -0.2) is 24.8 Å². The van der Waals surface area contributed by atoms with E-state index < -0.39 is 0 Å². The molecule has 0 saturated carbocycles. The van der Waals surface area contributed by atoms with E-state index in [1.165, 1.54) is 5.56 Å². The monoisotopic (exact) mass is 239 g/mol. The first-order valence-corrected chi connectivity index (χ1v) is 6.70. The van der Waals surface area contributed by atoms with Crippen LogP contribution < -0.4 is 14.8 Å². The van der Waals surface area contributed by atoms with Crippen LogP contribution in [0.2, 0.25) is 0 Å². The Morgan fingerprint density at radius 3 is 3.00 bits per heavy atom. The fourth-order valence-corrected chi connectivity index (χ4v) is 1.84. The molecule has 0 aromatic heterocycles. The van der Waals surface area contributed by atoms with Gasteiger partial charge in [-0.15, -0.1) is 0 Å². The highest BCUT2D eigenvalue weighted by atomic mass is 32.2. The Kier molecular flexibility index (Phi) is 3.96. The maximum atomic E-state index is 5.33.